The molecule has 2 rings (SSSR count). The summed E-state index contributed by atoms with van der Waals surface area (Å²) in [6.07, 6.45) is 9.19. The first-order valence-corrected chi connectivity index (χ1v) is 10.2. The first kappa shape index (κ1) is 22.5. The second-order valence-corrected chi connectivity index (χ2v) is 7.35. The fourth-order valence-electron chi connectivity index (χ4n) is 2.49. The van der Waals surface area contributed by atoms with Crippen LogP contribution in [-0.4, -0.2) is 34.4 Å². The zero-order chi connectivity index (χ0) is 21.2. The maximum atomic E-state index is 13.5. The number of ether oxygens (including phenoxy) is 1. The van der Waals surface area contributed by atoms with Crippen LogP contribution in [0.4, 0.5) is 10.1 Å². The van der Waals surface area contributed by atoms with Crippen LogP contribution in [0.15, 0.2) is 77.7 Å². The Hall–Kier alpha value is -2.80. The molecule has 29 heavy (non-hydrogen) atoms. The third kappa shape index (κ3) is 6.64. The van der Waals surface area contributed by atoms with Crippen molar-refractivity contribution in [1.29, 1.82) is 0 Å². The minimum Gasteiger partial charge on any atom is -0.501 e. The molecule has 1 heterocycles. The third-order valence-electron chi connectivity index (χ3n) is 4.05. The molecule has 0 bridgehead atoms. The number of hydrogen-bond donors (Lipinski definition) is 1. The Kier molecular flexibility index (Phi) is 8.73. The number of halogens is 1. The van der Waals surface area contributed by atoms with Crippen LogP contribution in [-0.2, 0) is 9.53 Å². The molecule has 0 radical (unpaired) electrons. The highest BCUT2D eigenvalue weighted by Crippen LogP contribution is 2.32. The molecule has 1 aromatic rings. The Morgan fingerprint density at radius 2 is 2.28 bits per heavy atom. The summed E-state index contributed by atoms with van der Waals surface area (Å²) in [5, 5.41) is 0.184. The number of carbonyl (C=O) groups excluding carboxylic acids is 1. The molecule has 0 aromatic heterocycles. The maximum absolute atomic E-state index is 13.5. The van der Waals surface area contributed by atoms with Crippen molar-refractivity contribution in [2.24, 2.45) is 10.7 Å². The standard InChI is InChI=1S/C22H26FN3O2S/c1-4-16(15-28-6-3)14-26-21(27)20(12-8-10-18(24)5-2)29-22(26)25-19-11-7-9-17(23)13-19/h4-5,7-11,13,15,20H,1,6,12,14,24H2,2-3H3/b10-8-,16-15+,18-5+,25-22?. The van der Waals surface area contributed by atoms with Gasteiger partial charge in [0.1, 0.15) is 5.82 Å². The Morgan fingerprint density at radius 1 is 1.48 bits per heavy atom. The number of benzene rings is 1. The Balaban J connectivity index is 2.29. The van der Waals surface area contributed by atoms with Gasteiger partial charge in [-0.2, -0.15) is 0 Å². The lowest BCUT2D eigenvalue weighted by Gasteiger charge is -2.17. The van der Waals surface area contributed by atoms with Crippen molar-refractivity contribution in [3.63, 3.8) is 0 Å². The molecule has 1 aromatic carbocycles. The smallest absolute Gasteiger partial charge is 0.242 e. The van der Waals surface area contributed by atoms with E-state index < -0.39 is 0 Å². The van der Waals surface area contributed by atoms with E-state index in [1.54, 1.807) is 41.5 Å². The predicted octanol–water partition coefficient (Wildman–Crippen LogP) is 4.67. The van der Waals surface area contributed by atoms with Crippen molar-refractivity contribution in [2.45, 2.75) is 25.5 Å². The summed E-state index contributed by atoms with van der Waals surface area (Å²) in [6.45, 7) is 8.31. The van der Waals surface area contributed by atoms with E-state index in [0.29, 0.717) is 29.6 Å². The molecular weight excluding hydrogens is 389 g/mol. The average molecular weight is 416 g/mol. The largest absolute Gasteiger partial charge is 0.501 e. The van der Waals surface area contributed by atoms with Crippen LogP contribution in [0.3, 0.4) is 0 Å². The average Bonchev–Trinajstić information content (AvgIpc) is 2.99. The Morgan fingerprint density at radius 3 is 2.93 bits per heavy atom. The van der Waals surface area contributed by atoms with E-state index in [1.165, 1.54) is 23.9 Å². The molecule has 1 aliphatic heterocycles. The summed E-state index contributed by atoms with van der Waals surface area (Å²) in [5.41, 5.74) is 7.62. The van der Waals surface area contributed by atoms with E-state index in [1.807, 2.05) is 19.9 Å². The first-order chi connectivity index (χ1) is 14.0. The molecule has 1 unspecified atom stereocenters. The second kappa shape index (κ2) is 11.3. The number of aliphatic imine (C=N–C) groups is 1. The minimum absolute atomic E-state index is 0.0712. The highest BCUT2D eigenvalue weighted by atomic mass is 32.2. The van der Waals surface area contributed by atoms with Crippen LogP contribution < -0.4 is 5.73 Å². The van der Waals surface area contributed by atoms with E-state index in [2.05, 4.69) is 11.6 Å². The van der Waals surface area contributed by atoms with E-state index in [4.69, 9.17) is 10.5 Å². The van der Waals surface area contributed by atoms with Gasteiger partial charge in [-0.15, -0.1) is 0 Å². The molecule has 2 N–H and O–H groups in total. The van der Waals surface area contributed by atoms with Crippen LogP contribution in [0, 0.1) is 5.82 Å². The van der Waals surface area contributed by atoms with E-state index in [-0.39, 0.29) is 23.5 Å². The maximum Gasteiger partial charge on any atom is 0.242 e. The molecule has 5 nitrogen and oxygen atoms in total. The Bertz CT molecular complexity index is 861. The van der Waals surface area contributed by atoms with Gasteiger partial charge in [0, 0.05) is 11.3 Å². The minimum atomic E-state index is -0.378. The molecule has 1 atom stereocenters. The third-order valence-corrected chi connectivity index (χ3v) is 5.25. The van der Waals surface area contributed by atoms with Crippen molar-refractivity contribution in [3.8, 4) is 0 Å². The van der Waals surface area contributed by atoms with E-state index >= 15 is 0 Å². The quantitative estimate of drug-likeness (QED) is 0.470. The van der Waals surface area contributed by atoms with Crippen LogP contribution in [0.5, 0.6) is 0 Å². The molecule has 1 amide bonds. The van der Waals surface area contributed by atoms with Gasteiger partial charge in [-0.25, -0.2) is 9.38 Å². The number of hydrogen-bond acceptors (Lipinski definition) is 5. The molecule has 0 saturated carbocycles. The topological polar surface area (TPSA) is 67.9 Å². The van der Waals surface area contributed by atoms with Gasteiger partial charge in [0.25, 0.3) is 0 Å². The van der Waals surface area contributed by atoms with Crippen molar-refractivity contribution in [3.05, 3.63) is 78.5 Å². The van der Waals surface area contributed by atoms with E-state index in [9.17, 15) is 9.18 Å². The number of nitrogens with zero attached hydrogens (tertiary/aromatic N) is 2. The van der Waals surface area contributed by atoms with Crippen molar-refractivity contribution >= 4 is 28.5 Å². The molecular formula is C22H26FN3O2S. The van der Waals surface area contributed by atoms with Gasteiger partial charge in [0.15, 0.2) is 5.17 Å². The number of allylic oxidation sites excluding steroid dienone is 3. The molecule has 1 saturated heterocycles. The fraction of sp³-hybridized carbons (Fsp3) is 0.273. The molecule has 1 aliphatic rings. The number of amides is 1. The number of thioether (sulfide) groups is 1. The number of nitrogens with two attached hydrogens (primary N) is 1. The predicted molar refractivity (Wildman–Crippen MR) is 118 cm³/mol. The van der Waals surface area contributed by atoms with Gasteiger partial charge in [0.2, 0.25) is 5.91 Å². The van der Waals surface area contributed by atoms with Gasteiger partial charge in [0.05, 0.1) is 30.4 Å². The molecule has 0 aliphatic carbocycles. The Labute approximate surface area is 175 Å². The summed E-state index contributed by atoms with van der Waals surface area (Å²) in [5.74, 6) is -0.449. The summed E-state index contributed by atoms with van der Waals surface area (Å²) in [7, 11) is 0. The fourth-order valence-corrected chi connectivity index (χ4v) is 3.62. The van der Waals surface area contributed by atoms with Gasteiger partial charge < -0.3 is 10.5 Å². The molecule has 1 fully saturated rings. The molecule has 0 spiro atoms. The molecule has 154 valence electrons. The monoisotopic (exact) mass is 415 g/mol. The van der Waals surface area contributed by atoms with Crippen molar-refractivity contribution in [2.75, 3.05) is 13.2 Å². The number of rotatable bonds is 9. The lowest BCUT2D eigenvalue weighted by molar-refractivity contribution is -0.125. The van der Waals surface area contributed by atoms with Crippen LogP contribution in [0.25, 0.3) is 0 Å². The zero-order valence-electron chi connectivity index (χ0n) is 16.7. The van der Waals surface area contributed by atoms with Crippen LogP contribution >= 0.6 is 11.8 Å². The first-order valence-electron chi connectivity index (χ1n) is 9.32. The highest BCUT2D eigenvalue weighted by molar-refractivity contribution is 8.15. The lowest BCUT2D eigenvalue weighted by atomic mass is 10.2. The summed E-state index contributed by atoms with van der Waals surface area (Å²) >= 11 is 1.35. The summed E-state index contributed by atoms with van der Waals surface area (Å²) < 4.78 is 18.9. The molecule has 7 heteroatoms. The summed E-state index contributed by atoms with van der Waals surface area (Å²) in [6, 6.07) is 5.98. The SMILES string of the molecule is C=C/C(=C\OCC)CN1C(=O)C(C/C=C\C(N)=C/C)SC1=Nc1cccc(F)c1. The number of amidine groups is 1. The highest BCUT2D eigenvalue weighted by Gasteiger charge is 2.37. The van der Waals surface area contributed by atoms with Crippen LogP contribution in [0.2, 0.25) is 0 Å². The van der Waals surface area contributed by atoms with Gasteiger partial charge in [-0.3, -0.25) is 9.69 Å². The normalized spacial score (nSPS) is 19.4. The van der Waals surface area contributed by atoms with Crippen molar-refractivity contribution < 1.29 is 13.9 Å². The summed E-state index contributed by atoms with van der Waals surface area (Å²) in [4.78, 5) is 19.1. The van der Waals surface area contributed by atoms with Gasteiger partial charge in [-0.05, 0) is 44.5 Å². The van der Waals surface area contributed by atoms with Crippen molar-refractivity contribution in [1.82, 2.24) is 4.90 Å². The van der Waals surface area contributed by atoms with Gasteiger partial charge >= 0.3 is 0 Å². The second-order valence-electron chi connectivity index (χ2n) is 6.18. The zero-order valence-corrected chi connectivity index (χ0v) is 17.5. The number of carbonyl (C=O) groups is 1. The van der Waals surface area contributed by atoms with E-state index in [0.717, 1.165) is 5.57 Å². The van der Waals surface area contributed by atoms with Crippen LogP contribution in [0.1, 0.15) is 20.3 Å². The lowest BCUT2D eigenvalue weighted by Crippen LogP contribution is -2.33. The van der Waals surface area contributed by atoms with Gasteiger partial charge in [-0.1, -0.05) is 42.6 Å².